The number of aromatic nitrogens is 1. The van der Waals surface area contributed by atoms with Crippen LogP contribution in [0.2, 0.25) is 0 Å². The molecule has 0 unspecified atom stereocenters. The van der Waals surface area contributed by atoms with Gasteiger partial charge in [0.2, 0.25) is 0 Å². The van der Waals surface area contributed by atoms with Crippen LogP contribution in [0.25, 0.3) is 6.08 Å². The minimum atomic E-state index is -0.612. The first-order valence-electron chi connectivity index (χ1n) is 11.2. The molecule has 0 saturated carbocycles. The van der Waals surface area contributed by atoms with Gasteiger partial charge in [0.05, 0.1) is 41.7 Å². The lowest BCUT2D eigenvalue weighted by molar-refractivity contribution is -0.139. The van der Waals surface area contributed by atoms with Gasteiger partial charge in [-0.2, -0.15) is 0 Å². The molecule has 1 fully saturated rings. The van der Waals surface area contributed by atoms with Gasteiger partial charge in [-0.05, 0) is 25.5 Å². The second-order valence-corrected chi connectivity index (χ2v) is 9.00. The molecule has 9 heteroatoms. The van der Waals surface area contributed by atoms with E-state index in [1.807, 2.05) is 42.5 Å². The lowest BCUT2D eigenvalue weighted by Crippen LogP contribution is -2.39. The monoisotopic (exact) mass is 479 g/mol. The molecule has 0 radical (unpaired) electrons. The number of hydrogen-bond donors (Lipinski definition) is 0. The van der Waals surface area contributed by atoms with Crippen molar-refractivity contribution in [2.24, 2.45) is 4.99 Å². The molecule has 0 aliphatic carbocycles. The number of carbonyl (C=O) groups excluding carboxylic acids is 1. The first-order valence-corrected chi connectivity index (χ1v) is 12.1. The Kier molecular flexibility index (Phi) is 6.21. The first kappa shape index (κ1) is 22.4. The van der Waals surface area contributed by atoms with E-state index in [-0.39, 0.29) is 12.2 Å². The number of carbonyl (C=O) groups is 1. The summed E-state index contributed by atoms with van der Waals surface area (Å²) in [5.41, 5.74) is 1.52. The molecule has 4 heterocycles. The summed E-state index contributed by atoms with van der Waals surface area (Å²) in [5.74, 6) is 0.877. The molecule has 0 amide bonds. The molecule has 8 nitrogen and oxygen atoms in total. The van der Waals surface area contributed by atoms with Crippen LogP contribution in [-0.2, 0) is 14.3 Å². The highest BCUT2D eigenvalue weighted by molar-refractivity contribution is 7.07. The molecule has 2 aliphatic rings. The fraction of sp³-hybridized carbons (Fsp3) is 0.320. The third kappa shape index (κ3) is 4.12. The number of benzene rings is 1. The Hall–Kier alpha value is -3.43. The maximum absolute atomic E-state index is 13.6. The van der Waals surface area contributed by atoms with Gasteiger partial charge in [0.1, 0.15) is 5.76 Å². The van der Waals surface area contributed by atoms with Crippen molar-refractivity contribution in [3.05, 3.63) is 84.7 Å². The number of ether oxygens (including phenoxy) is 2. The van der Waals surface area contributed by atoms with Crippen molar-refractivity contribution in [3.8, 4) is 0 Å². The number of anilines is 1. The van der Waals surface area contributed by atoms with Crippen LogP contribution in [0.5, 0.6) is 0 Å². The van der Waals surface area contributed by atoms with Gasteiger partial charge >= 0.3 is 5.97 Å². The van der Waals surface area contributed by atoms with Crippen molar-refractivity contribution >= 4 is 29.3 Å². The van der Waals surface area contributed by atoms with Crippen molar-refractivity contribution in [3.63, 3.8) is 0 Å². The summed E-state index contributed by atoms with van der Waals surface area (Å²) in [6, 6.07) is 12.6. The lowest BCUT2D eigenvalue weighted by atomic mass is 9.96. The van der Waals surface area contributed by atoms with Crippen LogP contribution in [0, 0.1) is 0 Å². The van der Waals surface area contributed by atoms with E-state index in [9.17, 15) is 9.59 Å². The summed E-state index contributed by atoms with van der Waals surface area (Å²) < 4.78 is 18.8. The number of hydrogen-bond acceptors (Lipinski definition) is 8. The van der Waals surface area contributed by atoms with Crippen molar-refractivity contribution < 1.29 is 18.7 Å². The molecule has 0 spiro atoms. The van der Waals surface area contributed by atoms with E-state index in [1.54, 1.807) is 24.5 Å². The molecule has 1 atom stereocenters. The molecule has 3 aromatic rings. The van der Waals surface area contributed by atoms with Gasteiger partial charge in [0.15, 0.2) is 10.7 Å². The molecule has 2 aromatic heterocycles. The van der Waals surface area contributed by atoms with E-state index in [4.69, 9.17) is 13.9 Å². The average molecular weight is 480 g/mol. The lowest BCUT2D eigenvalue weighted by Gasteiger charge is -2.26. The molecule has 176 valence electrons. The molecule has 0 N–H and O–H groups in total. The van der Waals surface area contributed by atoms with E-state index in [0.29, 0.717) is 39.6 Å². The van der Waals surface area contributed by atoms with Gasteiger partial charge in [-0.15, -0.1) is 0 Å². The molecule has 1 aromatic carbocycles. The van der Waals surface area contributed by atoms with E-state index in [0.717, 1.165) is 24.5 Å². The van der Waals surface area contributed by atoms with Crippen LogP contribution in [0.4, 0.5) is 5.88 Å². The number of morpholine rings is 1. The fourth-order valence-electron chi connectivity index (χ4n) is 4.24. The van der Waals surface area contributed by atoms with Gasteiger partial charge in [-0.25, -0.2) is 9.79 Å². The highest BCUT2D eigenvalue weighted by Gasteiger charge is 2.33. The topological polar surface area (TPSA) is 86.3 Å². The minimum absolute atomic E-state index is 0.226. The molecular weight excluding hydrogens is 454 g/mol. The van der Waals surface area contributed by atoms with Crippen LogP contribution in [0.15, 0.2) is 67.9 Å². The predicted molar refractivity (Wildman–Crippen MR) is 129 cm³/mol. The first-order chi connectivity index (χ1) is 16.6. The third-order valence-electron chi connectivity index (χ3n) is 5.84. The Morgan fingerprint density at radius 1 is 1.21 bits per heavy atom. The third-order valence-corrected chi connectivity index (χ3v) is 6.82. The minimum Gasteiger partial charge on any atom is -0.463 e. The van der Waals surface area contributed by atoms with Crippen LogP contribution in [-0.4, -0.2) is 43.4 Å². The highest BCUT2D eigenvalue weighted by Crippen LogP contribution is 2.30. The van der Waals surface area contributed by atoms with Crippen LogP contribution < -0.4 is 19.8 Å². The highest BCUT2D eigenvalue weighted by atomic mass is 32.1. The Morgan fingerprint density at radius 2 is 1.97 bits per heavy atom. The molecule has 2 aliphatic heterocycles. The van der Waals surface area contributed by atoms with Gasteiger partial charge in [-0.1, -0.05) is 41.7 Å². The zero-order chi connectivity index (χ0) is 23.7. The number of furan rings is 1. The zero-order valence-electron chi connectivity index (χ0n) is 19.0. The predicted octanol–water partition coefficient (Wildman–Crippen LogP) is 2.23. The standard InChI is InChI=1S/C25H25N3O5S/c1-3-32-24(30)21-16(2)26-25-28(22(21)17-7-5-4-6-8-17)23(29)19(34-25)15-18-9-10-20(33-18)27-11-13-31-14-12-27/h4-10,15,22H,3,11-14H2,1-2H3/b19-15-/t22-/m0/s1. The SMILES string of the molecule is CCOC(=O)C1=C(C)N=c2s/c(=C\c3ccc(N4CCOCC4)o3)c(=O)n2[C@H]1c1ccccc1. The second kappa shape index (κ2) is 9.44. The van der Waals surface area contributed by atoms with Crippen LogP contribution in [0.3, 0.4) is 0 Å². The smallest absolute Gasteiger partial charge is 0.338 e. The quantitative estimate of drug-likeness (QED) is 0.522. The summed E-state index contributed by atoms with van der Waals surface area (Å²) >= 11 is 1.28. The molecule has 34 heavy (non-hydrogen) atoms. The zero-order valence-corrected chi connectivity index (χ0v) is 19.8. The molecule has 1 saturated heterocycles. The summed E-state index contributed by atoms with van der Waals surface area (Å²) in [6.45, 7) is 6.64. The number of rotatable bonds is 5. The van der Waals surface area contributed by atoms with Crippen molar-refractivity contribution in [2.75, 3.05) is 37.8 Å². The van der Waals surface area contributed by atoms with Gasteiger partial charge in [0.25, 0.3) is 5.56 Å². The summed E-state index contributed by atoms with van der Waals surface area (Å²) in [7, 11) is 0. The summed E-state index contributed by atoms with van der Waals surface area (Å²) in [6.07, 6.45) is 1.74. The number of nitrogens with zero attached hydrogens (tertiary/aromatic N) is 3. The van der Waals surface area contributed by atoms with Gasteiger partial charge < -0.3 is 18.8 Å². The number of fused-ring (bicyclic) bond motifs is 1. The molecular formula is C25H25N3O5S. The van der Waals surface area contributed by atoms with Crippen LogP contribution >= 0.6 is 11.3 Å². The van der Waals surface area contributed by atoms with Crippen molar-refractivity contribution in [1.82, 2.24) is 4.57 Å². The van der Waals surface area contributed by atoms with Crippen LogP contribution in [0.1, 0.15) is 31.2 Å². The Balaban J connectivity index is 1.60. The number of esters is 1. The summed E-state index contributed by atoms with van der Waals surface area (Å²) in [5, 5.41) is 0. The number of allylic oxidation sites excluding steroid dienone is 1. The largest absolute Gasteiger partial charge is 0.463 e. The van der Waals surface area contributed by atoms with Crippen molar-refractivity contribution in [2.45, 2.75) is 19.9 Å². The maximum atomic E-state index is 13.6. The van der Waals surface area contributed by atoms with E-state index in [1.165, 1.54) is 11.3 Å². The fourth-order valence-corrected chi connectivity index (χ4v) is 5.27. The average Bonchev–Trinajstić information content (AvgIpc) is 3.44. The summed E-state index contributed by atoms with van der Waals surface area (Å²) in [4.78, 5) is 33.7. The normalized spacial score (nSPS) is 18.6. The van der Waals surface area contributed by atoms with E-state index >= 15 is 0 Å². The Morgan fingerprint density at radius 3 is 2.71 bits per heavy atom. The van der Waals surface area contributed by atoms with E-state index in [2.05, 4.69) is 9.89 Å². The second-order valence-electron chi connectivity index (χ2n) is 7.99. The molecule has 5 rings (SSSR count). The van der Waals surface area contributed by atoms with Crippen molar-refractivity contribution in [1.29, 1.82) is 0 Å². The Labute approximate surface area is 200 Å². The van der Waals surface area contributed by atoms with E-state index < -0.39 is 12.0 Å². The Bertz CT molecular complexity index is 1410. The molecule has 0 bridgehead atoms. The number of thiazole rings is 1. The maximum Gasteiger partial charge on any atom is 0.338 e. The van der Waals surface area contributed by atoms with Gasteiger partial charge in [0, 0.05) is 25.2 Å². The van der Waals surface area contributed by atoms with Gasteiger partial charge in [-0.3, -0.25) is 9.36 Å².